The number of hydrogen-bond acceptors (Lipinski definition) is 5. The van der Waals surface area contributed by atoms with Gasteiger partial charge in [-0.15, -0.1) is 0 Å². The molecule has 35 heavy (non-hydrogen) atoms. The second-order valence-electron chi connectivity index (χ2n) is 7.55. The van der Waals surface area contributed by atoms with Crippen molar-refractivity contribution in [2.75, 3.05) is 34.0 Å². The van der Waals surface area contributed by atoms with Crippen LogP contribution in [0.2, 0.25) is 0 Å². The molecule has 4 rings (SSSR count). The van der Waals surface area contributed by atoms with Gasteiger partial charge in [0.25, 0.3) is 0 Å². The smallest absolute Gasteiger partial charge is 0.416 e. The van der Waals surface area contributed by atoms with E-state index in [1.54, 1.807) is 13.8 Å². The number of benzene rings is 2. The van der Waals surface area contributed by atoms with Gasteiger partial charge in [-0.05, 0) is 37.6 Å². The van der Waals surface area contributed by atoms with E-state index in [0.29, 0.717) is 13.0 Å². The van der Waals surface area contributed by atoms with Crippen molar-refractivity contribution < 1.29 is 46.7 Å². The second kappa shape index (κ2) is 14.3. The van der Waals surface area contributed by atoms with Crippen molar-refractivity contribution in [3.63, 3.8) is 0 Å². The van der Waals surface area contributed by atoms with Crippen LogP contribution in [0.25, 0.3) is 0 Å². The zero-order valence-corrected chi connectivity index (χ0v) is 20.8. The zero-order valence-electron chi connectivity index (χ0n) is 20.8. The highest BCUT2D eigenvalue weighted by Gasteiger charge is 2.56. The molecule has 2 aromatic rings. The van der Waals surface area contributed by atoms with Crippen LogP contribution < -0.4 is 4.74 Å². The van der Waals surface area contributed by atoms with Gasteiger partial charge in [0.15, 0.2) is 11.6 Å². The van der Waals surface area contributed by atoms with Gasteiger partial charge in [-0.3, -0.25) is 0 Å². The molecular weight excluding hydrogens is 475 g/mol. The Bertz CT molecular complexity index is 889. The first-order valence-corrected chi connectivity index (χ1v) is 10.9. The van der Waals surface area contributed by atoms with Crippen LogP contribution in [0.4, 0.5) is 22.0 Å². The Morgan fingerprint density at radius 3 is 1.89 bits per heavy atom. The Morgan fingerprint density at radius 1 is 0.857 bits per heavy atom. The summed E-state index contributed by atoms with van der Waals surface area (Å²) in [6.07, 6.45) is -3.78. The molecule has 2 heterocycles. The Labute approximate surface area is 203 Å². The second-order valence-corrected chi connectivity index (χ2v) is 7.55. The summed E-state index contributed by atoms with van der Waals surface area (Å²) in [5.41, 5.74) is -1.83. The molecule has 0 aromatic heterocycles. The molecule has 2 aliphatic rings. The van der Waals surface area contributed by atoms with Crippen molar-refractivity contribution in [1.29, 1.82) is 0 Å². The quantitative estimate of drug-likeness (QED) is 0.434. The van der Waals surface area contributed by atoms with Crippen LogP contribution in [0, 0.1) is 18.6 Å². The minimum Gasteiger partial charge on any atom is -0.487 e. The Balaban J connectivity index is 0.000000587. The van der Waals surface area contributed by atoms with Gasteiger partial charge in [-0.2, -0.15) is 13.2 Å². The number of ether oxygens (including phenoxy) is 2. The van der Waals surface area contributed by atoms with Crippen LogP contribution in [0.1, 0.15) is 43.9 Å². The number of aliphatic hydroxyl groups excluding tert-OH is 2. The summed E-state index contributed by atoms with van der Waals surface area (Å²) in [6, 6.07) is 7.17. The van der Waals surface area contributed by atoms with Crippen LogP contribution in [0.3, 0.4) is 0 Å². The lowest BCUT2D eigenvalue weighted by atomic mass is 9.64. The number of alkyl halides is 3. The molecule has 0 unspecified atom stereocenters. The topological polar surface area (TPSA) is 79.2 Å². The Kier molecular flexibility index (Phi) is 13.4. The molecule has 1 saturated heterocycles. The largest absolute Gasteiger partial charge is 0.487 e. The maximum absolute atomic E-state index is 14.0. The van der Waals surface area contributed by atoms with E-state index < -0.39 is 34.4 Å². The molecule has 2 atom stereocenters. The summed E-state index contributed by atoms with van der Waals surface area (Å²) >= 11 is 0. The highest BCUT2D eigenvalue weighted by atomic mass is 19.4. The van der Waals surface area contributed by atoms with E-state index in [0.717, 1.165) is 44.0 Å². The van der Waals surface area contributed by atoms with Gasteiger partial charge in [0.2, 0.25) is 0 Å². The fourth-order valence-corrected chi connectivity index (χ4v) is 3.59. The van der Waals surface area contributed by atoms with Crippen molar-refractivity contribution in [1.82, 2.24) is 0 Å². The number of fused-ring (bicyclic) bond motifs is 3. The summed E-state index contributed by atoms with van der Waals surface area (Å²) in [5.74, 6) is -1.22. The van der Waals surface area contributed by atoms with Gasteiger partial charge >= 0.3 is 6.18 Å². The lowest BCUT2D eigenvalue weighted by molar-refractivity contribution is -0.164. The fraction of sp³-hybridized carbons (Fsp3) is 0.520. The van der Waals surface area contributed by atoms with Crippen LogP contribution in [-0.2, 0) is 16.3 Å². The average molecular weight is 511 g/mol. The zero-order chi connectivity index (χ0) is 27.4. The predicted molar refractivity (Wildman–Crippen MR) is 123 cm³/mol. The number of aliphatic hydroxyl groups is 3. The van der Waals surface area contributed by atoms with E-state index in [9.17, 15) is 27.1 Å². The fourth-order valence-electron chi connectivity index (χ4n) is 3.59. The first kappa shape index (κ1) is 32.7. The molecule has 2 aromatic carbocycles. The van der Waals surface area contributed by atoms with Crippen LogP contribution in [0.15, 0.2) is 36.4 Å². The average Bonchev–Trinajstić information content (AvgIpc) is 2.85. The monoisotopic (exact) mass is 510 g/mol. The Morgan fingerprint density at radius 2 is 1.37 bits per heavy atom. The SMILES string of the molecule is CC.CO.CO.C[C@@]12CCOC[C@]1(O)COc1c(F)ccc(F)c12.Cc1ccc(C(F)(F)F)cc1. The summed E-state index contributed by atoms with van der Waals surface area (Å²) in [5, 5.41) is 24.6. The van der Waals surface area contributed by atoms with Gasteiger partial charge in [-0.25, -0.2) is 8.78 Å². The maximum atomic E-state index is 14.0. The molecule has 0 saturated carbocycles. The van der Waals surface area contributed by atoms with Crippen LogP contribution in [-0.4, -0.2) is 55.0 Å². The van der Waals surface area contributed by atoms with Gasteiger partial charge in [0, 0.05) is 31.8 Å². The highest BCUT2D eigenvalue weighted by molar-refractivity contribution is 5.46. The van der Waals surface area contributed by atoms with Crippen molar-refractivity contribution >= 4 is 0 Å². The standard InChI is InChI=1S/C13H14F2O3.C8H7F3.C2H6.2CH4O/c1-12-4-5-17-6-13(12,16)7-18-11-9(15)3-2-8(14)10(11)12;1-6-2-4-7(5-3-6)8(9,10)11;3*1-2/h2-3,16H,4-7H2,1H3;2-5H,1H3;1-2H3;2*2H,1H3/t12-,13-;;;;/m0..../s1. The van der Waals surface area contributed by atoms with Crippen molar-refractivity contribution in [3.8, 4) is 5.75 Å². The lowest BCUT2D eigenvalue weighted by Crippen LogP contribution is -2.62. The van der Waals surface area contributed by atoms with E-state index >= 15 is 0 Å². The van der Waals surface area contributed by atoms with Crippen LogP contribution in [0.5, 0.6) is 5.75 Å². The van der Waals surface area contributed by atoms with Gasteiger partial charge < -0.3 is 24.8 Å². The first-order valence-electron chi connectivity index (χ1n) is 10.9. The summed E-state index contributed by atoms with van der Waals surface area (Å²) in [4.78, 5) is 0. The Hall–Kier alpha value is -2.27. The summed E-state index contributed by atoms with van der Waals surface area (Å²) < 4.78 is 74.0. The highest BCUT2D eigenvalue weighted by Crippen LogP contribution is 2.50. The molecule has 0 radical (unpaired) electrons. The van der Waals surface area contributed by atoms with Crippen molar-refractivity contribution in [2.24, 2.45) is 0 Å². The number of rotatable bonds is 0. The normalized spacial score (nSPS) is 21.9. The predicted octanol–water partition coefficient (Wildman–Crippen LogP) is 5.02. The number of hydrogen-bond donors (Lipinski definition) is 3. The molecule has 2 aliphatic heterocycles. The van der Waals surface area contributed by atoms with Crippen LogP contribution >= 0.6 is 0 Å². The molecular formula is C25H35F5O5. The molecule has 5 nitrogen and oxygen atoms in total. The minimum atomic E-state index is -4.21. The molecule has 200 valence electrons. The molecule has 0 amide bonds. The summed E-state index contributed by atoms with van der Waals surface area (Å²) in [6.45, 7) is 7.88. The number of aryl methyl sites for hydroxylation is 1. The molecule has 10 heteroatoms. The first-order chi connectivity index (χ1) is 16.5. The molecule has 1 fully saturated rings. The van der Waals surface area contributed by atoms with Crippen molar-refractivity contribution in [3.05, 3.63) is 64.7 Å². The van der Waals surface area contributed by atoms with Gasteiger partial charge in [-0.1, -0.05) is 38.5 Å². The summed E-state index contributed by atoms with van der Waals surface area (Å²) in [7, 11) is 2.00. The maximum Gasteiger partial charge on any atom is 0.416 e. The molecule has 0 spiro atoms. The lowest BCUT2D eigenvalue weighted by Gasteiger charge is -2.51. The van der Waals surface area contributed by atoms with E-state index in [2.05, 4.69) is 0 Å². The van der Waals surface area contributed by atoms with Gasteiger partial charge in [0.1, 0.15) is 18.0 Å². The third kappa shape index (κ3) is 7.60. The van der Waals surface area contributed by atoms with E-state index in [4.69, 9.17) is 19.7 Å². The minimum absolute atomic E-state index is 0.0683. The van der Waals surface area contributed by atoms with E-state index in [1.165, 1.54) is 12.1 Å². The molecule has 0 aliphatic carbocycles. The third-order valence-corrected chi connectivity index (χ3v) is 5.56. The van der Waals surface area contributed by atoms with E-state index in [1.807, 2.05) is 13.8 Å². The van der Waals surface area contributed by atoms with E-state index in [-0.39, 0.29) is 24.5 Å². The third-order valence-electron chi connectivity index (χ3n) is 5.56. The van der Waals surface area contributed by atoms with Gasteiger partial charge in [0.05, 0.1) is 12.2 Å². The number of halogens is 5. The van der Waals surface area contributed by atoms with Crippen molar-refractivity contribution in [2.45, 2.75) is 51.3 Å². The molecule has 0 bridgehead atoms. The molecule has 3 N–H and O–H groups in total.